The van der Waals surface area contributed by atoms with Crippen molar-refractivity contribution < 1.29 is 13.2 Å². The maximum atomic E-state index is 12.8. The third-order valence-corrected chi connectivity index (χ3v) is 6.75. The summed E-state index contributed by atoms with van der Waals surface area (Å²) in [5.41, 5.74) is 2.17. The number of carbonyl (C=O) groups excluding carboxylic acids is 1. The van der Waals surface area contributed by atoms with Crippen LogP contribution in [0.3, 0.4) is 0 Å². The molecule has 3 rings (SSSR count). The molecule has 5 nitrogen and oxygen atoms in total. The summed E-state index contributed by atoms with van der Waals surface area (Å²) in [6.45, 7) is 5.27. The van der Waals surface area contributed by atoms with Crippen molar-refractivity contribution in [3.05, 3.63) is 59.7 Å². The van der Waals surface area contributed by atoms with Gasteiger partial charge in [0.1, 0.15) is 0 Å². The van der Waals surface area contributed by atoms with Crippen molar-refractivity contribution in [3.8, 4) is 0 Å². The lowest BCUT2D eigenvalue weighted by atomic mass is 10.0. The molecule has 0 atom stereocenters. The van der Waals surface area contributed by atoms with E-state index in [1.54, 1.807) is 18.2 Å². The van der Waals surface area contributed by atoms with E-state index in [1.807, 2.05) is 24.3 Å². The molecular formula is C21H26N2O3S. The minimum atomic E-state index is -3.56. The minimum absolute atomic E-state index is 0.174. The first kappa shape index (κ1) is 19.6. The fourth-order valence-corrected chi connectivity index (χ4v) is 4.79. The van der Waals surface area contributed by atoms with Crippen molar-refractivity contribution in [2.45, 2.75) is 43.9 Å². The third-order valence-electron chi connectivity index (χ3n) is 4.86. The molecule has 0 unspecified atom stereocenters. The highest BCUT2D eigenvalue weighted by molar-refractivity contribution is 7.89. The molecule has 1 amide bonds. The lowest BCUT2D eigenvalue weighted by Crippen LogP contribution is -2.35. The fraction of sp³-hybridized carbons (Fsp3) is 0.381. The highest BCUT2D eigenvalue weighted by Gasteiger charge is 2.26. The number of benzene rings is 2. The van der Waals surface area contributed by atoms with Gasteiger partial charge < -0.3 is 5.32 Å². The van der Waals surface area contributed by atoms with Crippen LogP contribution in [-0.4, -0.2) is 31.7 Å². The van der Waals surface area contributed by atoms with Gasteiger partial charge in [-0.25, -0.2) is 8.42 Å². The van der Waals surface area contributed by atoms with Gasteiger partial charge in [0.05, 0.1) is 4.90 Å². The first-order chi connectivity index (χ1) is 12.9. The number of nitrogens with one attached hydrogen (secondary N) is 1. The lowest BCUT2D eigenvalue weighted by Gasteiger charge is -2.26. The molecule has 27 heavy (non-hydrogen) atoms. The second-order valence-corrected chi connectivity index (χ2v) is 9.16. The van der Waals surface area contributed by atoms with E-state index in [1.165, 1.54) is 10.4 Å². The topological polar surface area (TPSA) is 66.5 Å². The Labute approximate surface area is 161 Å². The second-order valence-electron chi connectivity index (χ2n) is 7.23. The smallest absolute Gasteiger partial charge is 0.255 e. The Hall–Kier alpha value is -2.18. The predicted molar refractivity (Wildman–Crippen MR) is 108 cm³/mol. The number of hydrogen-bond donors (Lipinski definition) is 1. The van der Waals surface area contributed by atoms with E-state index in [0.717, 1.165) is 24.8 Å². The summed E-state index contributed by atoms with van der Waals surface area (Å²) in [6.07, 6.45) is 2.82. The van der Waals surface area contributed by atoms with Crippen molar-refractivity contribution in [1.29, 1.82) is 0 Å². The van der Waals surface area contributed by atoms with Gasteiger partial charge in [-0.05, 0) is 54.7 Å². The van der Waals surface area contributed by atoms with Gasteiger partial charge >= 0.3 is 0 Å². The van der Waals surface area contributed by atoms with Crippen LogP contribution in [0.1, 0.15) is 54.9 Å². The Bertz CT molecular complexity index is 917. The van der Waals surface area contributed by atoms with Crippen LogP contribution in [0.25, 0.3) is 0 Å². The average molecular weight is 387 g/mol. The Morgan fingerprint density at radius 1 is 1.00 bits per heavy atom. The minimum Gasteiger partial charge on any atom is -0.322 e. The van der Waals surface area contributed by atoms with Crippen LogP contribution < -0.4 is 5.32 Å². The van der Waals surface area contributed by atoms with Crippen LogP contribution in [0.5, 0.6) is 0 Å². The Balaban J connectivity index is 1.80. The molecule has 0 aliphatic carbocycles. The summed E-state index contributed by atoms with van der Waals surface area (Å²) in [6, 6.07) is 14.0. The van der Waals surface area contributed by atoms with Crippen molar-refractivity contribution in [2.75, 3.05) is 18.4 Å². The number of nitrogens with zero attached hydrogens (tertiary/aromatic N) is 1. The summed E-state index contributed by atoms with van der Waals surface area (Å²) in [7, 11) is -3.56. The van der Waals surface area contributed by atoms with E-state index >= 15 is 0 Å². The van der Waals surface area contributed by atoms with Crippen LogP contribution in [-0.2, 0) is 10.0 Å². The molecule has 0 radical (unpaired) electrons. The Morgan fingerprint density at radius 2 is 1.70 bits per heavy atom. The zero-order valence-electron chi connectivity index (χ0n) is 15.8. The number of piperidine rings is 1. The number of sulfonamides is 1. The van der Waals surface area contributed by atoms with Crippen molar-refractivity contribution in [3.63, 3.8) is 0 Å². The van der Waals surface area contributed by atoms with Gasteiger partial charge in [0, 0.05) is 24.3 Å². The Morgan fingerprint density at radius 3 is 2.41 bits per heavy atom. The largest absolute Gasteiger partial charge is 0.322 e. The van der Waals surface area contributed by atoms with E-state index in [-0.39, 0.29) is 10.8 Å². The van der Waals surface area contributed by atoms with Gasteiger partial charge in [-0.1, -0.05) is 38.5 Å². The average Bonchev–Trinajstić information content (AvgIpc) is 2.69. The molecule has 1 heterocycles. The van der Waals surface area contributed by atoms with Gasteiger partial charge in [0.15, 0.2) is 0 Å². The van der Waals surface area contributed by atoms with E-state index in [9.17, 15) is 13.2 Å². The van der Waals surface area contributed by atoms with Crippen LogP contribution in [0.4, 0.5) is 5.69 Å². The Kier molecular flexibility index (Phi) is 5.97. The van der Waals surface area contributed by atoms with Gasteiger partial charge in [-0.15, -0.1) is 0 Å². The molecule has 144 valence electrons. The summed E-state index contributed by atoms with van der Waals surface area (Å²) < 4.78 is 27.2. The number of anilines is 1. The van der Waals surface area contributed by atoms with E-state index < -0.39 is 10.0 Å². The van der Waals surface area contributed by atoms with E-state index in [4.69, 9.17) is 0 Å². The quantitative estimate of drug-likeness (QED) is 0.836. The first-order valence-electron chi connectivity index (χ1n) is 9.39. The highest BCUT2D eigenvalue weighted by atomic mass is 32.2. The summed E-state index contributed by atoms with van der Waals surface area (Å²) >= 11 is 0. The maximum Gasteiger partial charge on any atom is 0.255 e. The van der Waals surface area contributed by atoms with E-state index in [0.29, 0.717) is 30.3 Å². The molecule has 1 N–H and O–H groups in total. The molecule has 2 aromatic rings. The molecule has 6 heteroatoms. The monoisotopic (exact) mass is 386 g/mol. The fourth-order valence-electron chi connectivity index (χ4n) is 3.23. The molecular weight excluding hydrogens is 360 g/mol. The molecule has 1 saturated heterocycles. The van der Waals surface area contributed by atoms with Gasteiger partial charge in [0.2, 0.25) is 10.0 Å². The number of carbonyl (C=O) groups is 1. The van der Waals surface area contributed by atoms with Crippen LogP contribution in [0.15, 0.2) is 53.4 Å². The van der Waals surface area contributed by atoms with Crippen LogP contribution in [0.2, 0.25) is 0 Å². The molecule has 1 fully saturated rings. The molecule has 0 bridgehead atoms. The zero-order valence-corrected chi connectivity index (χ0v) is 16.6. The maximum absolute atomic E-state index is 12.8. The highest BCUT2D eigenvalue weighted by Crippen LogP contribution is 2.22. The van der Waals surface area contributed by atoms with Gasteiger partial charge in [0.25, 0.3) is 5.91 Å². The summed E-state index contributed by atoms with van der Waals surface area (Å²) in [5.74, 6) is 0.0477. The lowest BCUT2D eigenvalue weighted by molar-refractivity contribution is 0.102. The normalized spacial score (nSPS) is 15.7. The predicted octanol–water partition coefficient (Wildman–Crippen LogP) is 4.24. The van der Waals surface area contributed by atoms with Crippen molar-refractivity contribution in [2.24, 2.45) is 0 Å². The zero-order chi connectivity index (χ0) is 19.4. The summed E-state index contributed by atoms with van der Waals surface area (Å²) in [4.78, 5) is 12.8. The number of rotatable bonds is 5. The molecule has 0 aromatic heterocycles. The second kappa shape index (κ2) is 8.23. The molecule has 0 saturated carbocycles. The van der Waals surface area contributed by atoms with Gasteiger partial charge in [-0.3, -0.25) is 4.79 Å². The first-order valence-corrected chi connectivity index (χ1v) is 10.8. The summed E-state index contributed by atoms with van der Waals surface area (Å²) in [5, 5.41) is 2.86. The molecule has 1 aliphatic heterocycles. The SMILES string of the molecule is CC(C)c1cccc(NC(=O)c2cccc(S(=O)(=O)N3CCCCC3)c2)c1. The molecule has 1 aliphatic rings. The van der Waals surface area contributed by atoms with Crippen LogP contribution in [0, 0.1) is 0 Å². The molecule has 2 aromatic carbocycles. The standard InChI is InChI=1S/C21H26N2O3S/c1-16(2)17-8-6-10-19(14-17)22-21(24)18-9-7-11-20(15-18)27(25,26)23-12-4-3-5-13-23/h6-11,14-16H,3-5,12-13H2,1-2H3,(H,22,24). The van der Waals surface area contributed by atoms with Crippen molar-refractivity contribution >= 4 is 21.6 Å². The van der Waals surface area contributed by atoms with E-state index in [2.05, 4.69) is 19.2 Å². The molecule has 0 spiro atoms. The number of hydrogen-bond acceptors (Lipinski definition) is 3. The van der Waals surface area contributed by atoms with Crippen LogP contribution >= 0.6 is 0 Å². The van der Waals surface area contributed by atoms with Crippen molar-refractivity contribution in [1.82, 2.24) is 4.31 Å². The number of amides is 1. The van der Waals surface area contributed by atoms with Gasteiger partial charge in [-0.2, -0.15) is 4.31 Å². The third kappa shape index (κ3) is 4.57.